The fourth-order valence-corrected chi connectivity index (χ4v) is 3.10. The maximum atomic E-state index is 13.2. The molecule has 0 unspecified atom stereocenters. The van der Waals surface area contributed by atoms with Crippen molar-refractivity contribution in [1.29, 1.82) is 0 Å². The molecule has 1 fully saturated rings. The van der Waals surface area contributed by atoms with Crippen molar-refractivity contribution < 1.29 is 27.4 Å². The highest BCUT2D eigenvalue weighted by atomic mass is 32.1. The van der Waals surface area contributed by atoms with Gasteiger partial charge in [-0.2, -0.15) is 13.2 Å². The molecular formula is C20H20F3N3O3S. The molecule has 0 radical (unpaired) electrons. The van der Waals surface area contributed by atoms with E-state index in [2.05, 4.69) is 10.6 Å². The van der Waals surface area contributed by atoms with E-state index in [1.165, 1.54) is 6.07 Å². The number of thiocarbonyl (C=S) groups is 1. The predicted octanol–water partition coefficient (Wildman–Crippen LogP) is 3.43. The summed E-state index contributed by atoms with van der Waals surface area (Å²) in [6.07, 6.45) is -4.51. The number of ether oxygens (including phenoxy) is 2. The Bertz CT molecular complexity index is 888. The molecule has 1 heterocycles. The number of hydrogen-bond donors (Lipinski definition) is 2. The van der Waals surface area contributed by atoms with Gasteiger partial charge in [-0.15, -0.1) is 0 Å². The van der Waals surface area contributed by atoms with Crippen LogP contribution in [0.5, 0.6) is 5.75 Å². The highest BCUT2D eigenvalue weighted by molar-refractivity contribution is 7.80. The Labute approximate surface area is 177 Å². The third-order valence-corrected chi connectivity index (χ3v) is 4.49. The van der Waals surface area contributed by atoms with Gasteiger partial charge < -0.3 is 19.7 Å². The molecule has 6 nitrogen and oxygen atoms in total. The number of carbonyl (C=O) groups excluding carboxylic acids is 1. The van der Waals surface area contributed by atoms with E-state index in [9.17, 15) is 18.0 Å². The molecule has 1 amide bonds. The molecule has 2 N–H and O–H groups in total. The zero-order chi connectivity index (χ0) is 21.6. The Morgan fingerprint density at radius 1 is 1.13 bits per heavy atom. The number of benzene rings is 2. The number of hydrogen-bond acceptors (Lipinski definition) is 5. The lowest BCUT2D eigenvalue weighted by molar-refractivity contribution is -0.137. The summed E-state index contributed by atoms with van der Waals surface area (Å²) in [6.45, 7) is 1.72. The number of nitrogens with one attached hydrogen (secondary N) is 2. The smallest absolute Gasteiger partial charge is 0.416 e. The first-order chi connectivity index (χ1) is 14.3. The third-order valence-electron chi connectivity index (χ3n) is 4.29. The Morgan fingerprint density at radius 2 is 1.83 bits per heavy atom. The lowest BCUT2D eigenvalue weighted by Gasteiger charge is -2.31. The maximum absolute atomic E-state index is 13.2. The van der Waals surface area contributed by atoms with Crippen LogP contribution in [0.15, 0.2) is 48.5 Å². The lowest BCUT2D eigenvalue weighted by atomic mass is 10.1. The van der Waals surface area contributed by atoms with Gasteiger partial charge in [0, 0.05) is 13.1 Å². The van der Waals surface area contributed by atoms with Gasteiger partial charge in [0.25, 0.3) is 5.91 Å². The van der Waals surface area contributed by atoms with E-state index < -0.39 is 17.6 Å². The molecule has 10 heteroatoms. The van der Waals surface area contributed by atoms with Crippen LogP contribution in [0.4, 0.5) is 24.5 Å². The quantitative estimate of drug-likeness (QED) is 0.696. The molecule has 3 rings (SSSR count). The molecule has 0 atom stereocenters. The van der Waals surface area contributed by atoms with Crippen molar-refractivity contribution in [1.82, 2.24) is 5.32 Å². The SMILES string of the molecule is O=C(COc1ccccc1)NC(=S)Nc1cc(C(F)(F)F)ccc1N1CCOCC1. The van der Waals surface area contributed by atoms with Gasteiger partial charge in [-0.05, 0) is 42.5 Å². The number of amides is 1. The van der Waals surface area contributed by atoms with Crippen molar-refractivity contribution in [3.05, 3.63) is 54.1 Å². The van der Waals surface area contributed by atoms with Crippen LogP contribution in [0, 0.1) is 0 Å². The van der Waals surface area contributed by atoms with Crippen molar-refractivity contribution in [3.8, 4) is 5.75 Å². The summed E-state index contributed by atoms with van der Waals surface area (Å²) in [5.74, 6) is -0.0183. The van der Waals surface area contributed by atoms with Gasteiger partial charge in [-0.1, -0.05) is 18.2 Å². The first-order valence-electron chi connectivity index (χ1n) is 9.15. The van der Waals surface area contributed by atoms with Gasteiger partial charge in [0.15, 0.2) is 11.7 Å². The van der Waals surface area contributed by atoms with Crippen LogP contribution < -0.4 is 20.3 Å². The first kappa shape index (κ1) is 21.8. The minimum absolute atomic E-state index is 0.120. The molecular weight excluding hydrogens is 419 g/mol. The highest BCUT2D eigenvalue weighted by Gasteiger charge is 2.31. The summed E-state index contributed by atoms with van der Waals surface area (Å²) < 4.78 is 50.1. The molecule has 0 bridgehead atoms. The average Bonchev–Trinajstić information content (AvgIpc) is 2.73. The van der Waals surface area contributed by atoms with Crippen LogP contribution in [0.3, 0.4) is 0 Å². The van der Waals surface area contributed by atoms with Crippen LogP contribution in [0.25, 0.3) is 0 Å². The largest absolute Gasteiger partial charge is 0.484 e. The Morgan fingerprint density at radius 3 is 2.50 bits per heavy atom. The molecule has 0 aromatic heterocycles. The fraction of sp³-hybridized carbons (Fsp3) is 0.300. The van der Waals surface area contributed by atoms with Crippen LogP contribution >= 0.6 is 12.2 Å². The number of rotatable bonds is 5. The van der Waals surface area contributed by atoms with Crippen LogP contribution in [-0.4, -0.2) is 43.9 Å². The molecule has 30 heavy (non-hydrogen) atoms. The van der Waals surface area contributed by atoms with Crippen molar-refractivity contribution >= 4 is 34.6 Å². The van der Waals surface area contributed by atoms with Gasteiger partial charge in [-0.3, -0.25) is 10.1 Å². The van der Waals surface area contributed by atoms with Crippen molar-refractivity contribution in [2.45, 2.75) is 6.18 Å². The normalized spacial score (nSPS) is 14.2. The van der Waals surface area contributed by atoms with E-state index in [-0.39, 0.29) is 17.4 Å². The fourth-order valence-electron chi connectivity index (χ4n) is 2.87. The molecule has 0 spiro atoms. The van der Waals surface area contributed by atoms with Gasteiger partial charge in [-0.25, -0.2) is 0 Å². The van der Waals surface area contributed by atoms with Gasteiger partial charge in [0.1, 0.15) is 5.75 Å². The number of nitrogens with zero attached hydrogens (tertiary/aromatic N) is 1. The maximum Gasteiger partial charge on any atom is 0.416 e. The van der Waals surface area contributed by atoms with Gasteiger partial charge in [0.05, 0.1) is 30.2 Å². The Balaban J connectivity index is 1.68. The monoisotopic (exact) mass is 439 g/mol. The van der Waals surface area contributed by atoms with Crippen molar-refractivity contribution in [2.24, 2.45) is 0 Å². The molecule has 0 saturated carbocycles. The number of para-hydroxylation sites is 1. The Hall–Kier alpha value is -2.85. The van der Waals surface area contributed by atoms with Crippen LogP contribution in [0.1, 0.15) is 5.56 Å². The number of carbonyl (C=O) groups is 1. The zero-order valence-electron chi connectivity index (χ0n) is 15.9. The van der Waals surface area contributed by atoms with Crippen molar-refractivity contribution in [2.75, 3.05) is 43.1 Å². The number of anilines is 2. The van der Waals surface area contributed by atoms with Gasteiger partial charge in [0.2, 0.25) is 0 Å². The summed E-state index contributed by atoms with van der Waals surface area (Å²) in [4.78, 5) is 14.0. The minimum atomic E-state index is -4.51. The molecule has 1 aliphatic rings. The second kappa shape index (κ2) is 9.77. The van der Waals surface area contributed by atoms with Gasteiger partial charge >= 0.3 is 6.18 Å². The molecule has 2 aromatic rings. The van der Waals surface area contributed by atoms with E-state index in [1.807, 2.05) is 11.0 Å². The van der Waals surface area contributed by atoms with Crippen LogP contribution in [0.2, 0.25) is 0 Å². The number of halogens is 3. The van der Waals surface area contributed by atoms with E-state index in [0.717, 1.165) is 12.1 Å². The van der Waals surface area contributed by atoms with E-state index in [0.29, 0.717) is 37.7 Å². The molecule has 1 aliphatic heterocycles. The summed E-state index contributed by atoms with van der Waals surface area (Å²) in [5.41, 5.74) is -0.118. The van der Waals surface area contributed by atoms with E-state index in [4.69, 9.17) is 21.7 Å². The number of morpholine rings is 1. The molecule has 1 saturated heterocycles. The molecule has 160 valence electrons. The third kappa shape index (κ3) is 6.07. The van der Waals surface area contributed by atoms with E-state index in [1.54, 1.807) is 24.3 Å². The number of alkyl halides is 3. The lowest BCUT2D eigenvalue weighted by Crippen LogP contribution is -2.39. The predicted molar refractivity (Wildman–Crippen MR) is 111 cm³/mol. The standard InChI is InChI=1S/C20H20F3N3O3S/c21-20(22,23)14-6-7-17(26-8-10-28-11-9-26)16(12-14)24-19(30)25-18(27)13-29-15-4-2-1-3-5-15/h1-7,12H,8-11,13H2,(H2,24,25,27,30). The Kier molecular flexibility index (Phi) is 7.11. The summed E-state index contributed by atoms with van der Waals surface area (Å²) in [7, 11) is 0. The average molecular weight is 439 g/mol. The van der Waals surface area contributed by atoms with Crippen LogP contribution in [-0.2, 0) is 15.7 Å². The zero-order valence-corrected chi connectivity index (χ0v) is 16.7. The second-order valence-electron chi connectivity index (χ2n) is 6.43. The second-order valence-corrected chi connectivity index (χ2v) is 6.84. The minimum Gasteiger partial charge on any atom is -0.484 e. The van der Waals surface area contributed by atoms with Crippen molar-refractivity contribution in [3.63, 3.8) is 0 Å². The molecule has 0 aliphatic carbocycles. The topological polar surface area (TPSA) is 62.8 Å². The summed E-state index contributed by atoms with van der Waals surface area (Å²) in [6, 6.07) is 12.1. The highest BCUT2D eigenvalue weighted by Crippen LogP contribution is 2.35. The summed E-state index contributed by atoms with van der Waals surface area (Å²) in [5, 5.41) is 5.01. The van der Waals surface area contributed by atoms with E-state index >= 15 is 0 Å². The summed E-state index contributed by atoms with van der Waals surface area (Å²) >= 11 is 5.12. The first-order valence-corrected chi connectivity index (χ1v) is 9.56. The molecule has 2 aromatic carbocycles.